The first kappa shape index (κ1) is 17.2. The summed E-state index contributed by atoms with van der Waals surface area (Å²) >= 11 is 1.55. The maximum Gasteiger partial charge on any atom is 0.339 e. The number of hydrogen-bond donors (Lipinski definition) is 1. The lowest BCUT2D eigenvalue weighted by Crippen LogP contribution is -2.04. The molecule has 0 radical (unpaired) electrons. The summed E-state index contributed by atoms with van der Waals surface area (Å²) in [4.78, 5) is 16.2. The molecule has 1 N–H and O–H groups in total. The summed E-state index contributed by atoms with van der Waals surface area (Å²) in [7, 11) is 0. The van der Waals surface area contributed by atoms with Crippen LogP contribution in [0.25, 0.3) is 21.3 Å². The molecule has 134 valence electrons. The number of aromatic carboxylic acids is 1. The van der Waals surface area contributed by atoms with Crippen molar-refractivity contribution in [3.05, 3.63) is 82.9 Å². The topological polar surface area (TPSA) is 59.4 Å². The van der Waals surface area contributed by atoms with Crippen molar-refractivity contribution < 1.29 is 14.6 Å². The summed E-state index contributed by atoms with van der Waals surface area (Å²) in [6, 6.07) is 19.2. The molecule has 0 aliphatic rings. The fraction of sp³-hybridized carbons (Fsp3) is 0.0909. The van der Waals surface area contributed by atoms with E-state index in [2.05, 4.69) is 24.0 Å². The number of aryl methyl sites for hydroxylation is 1. The molecule has 0 unspecified atom stereocenters. The quantitative estimate of drug-likeness (QED) is 0.497. The van der Waals surface area contributed by atoms with Gasteiger partial charge in [0.05, 0.1) is 5.69 Å². The molecule has 0 saturated heterocycles. The molecule has 0 bridgehead atoms. The lowest BCUT2D eigenvalue weighted by molar-refractivity contribution is 0.0692. The van der Waals surface area contributed by atoms with Crippen molar-refractivity contribution in [2.45, 2.75) is 13.5 Å². The van der Waals surface area contributed by atoms with Gasteiger partial charge in [0.25, 0.3) is 0 Å². The maximum atomic E-state index is 11.6. The Morgan fingerprint density at radius 1 is 1.07 bits per heavy atom. The van der Waals surface area contributed by atoms with E-state index in [9.17, 15) is 9.90 Å². The molecule has 1 aromatic heterocycles. The molecule has 0 amide bonds. The highest BCUT2D eigenvalue weighted by Gasteiger charge is 2.14. The molecule has 3 aromatic carbocycles. The molecule has 4 rings (SSSR count). The van der Waals surface area contributed by atoms with Crippen LogP contribution in [0.4, 0.5) is 0 Å². The van der Waals surface area contributed by atoms with Crippen LogP contribution in [0.5, 0.6) is 5.75 Å². The van der Waals surface area contributed by atoms with E-state index >= 15 is 0 Å². The van der Waals surface area contributed by atoms with Crippen molar-refractivity contribution in [2.24, 2.45) is 0 Å². The van der Waals surface area contributed by atoms with E-state index < -0.39 is 5.97 Å². The molecule has 5 heteroatoms. The Balaban J connectivity index is 1.57. The third-order valence-electron chi connectivity index (χ3n) is 4.30. The Kier molecular flexibility index (Phi) is 4.60. The van der Waals surface area contributed by atoms with Crippen molar-refractivity contribution in [2.75, 3.05) is 0 Å². The molecule has 4 aromatic rings. The fourth-order valence-corrected chi connectivity index (χ4v) is 3.67. The molecule has 27 heavy (non-hydrogen) atoms. The summed E-state index contributed by atoms with van der Waals surface area (Å²) in [5.41, 5.74) is 3.20. The third kappa shape index (κ3) is 3.68. The minimum Gasteiger partial charge on any atom is -0.486 e. The summed E-state index contributed by atoms with van der Waals surface area (Å²) < 4.78 is 5.82. The molecular formula is C22H17NO3S. The van der Waals surface area contributed by atoms with Crippen molar-refractivity contribution in [3.8, 4) is 16.3 Å². The summed E-state index contributed by atoms with van der Waals surface area (Å²) in [6.45, 7) is 2.27. The van der Waals surface area contributed by atoms with E-state index in [0.717, 1.165) is 27.0 Å². The van der Waals surface area contributed by atoms with Crippen LogP contribution in [0.3, 0.4) is 0 Å². The lowest BCUT2D eigenvalue weighted by Gasteiger charge is -2.10. The molecule has 1 heterocycles. The molecular weight excluding hydrogens is 358 g/mol. The van der Waals surface area contributed by atoms with Gasteiger partial charge in [-0.1, -0.05) is 54.1 Å². The molecule has 0 saturated carbocycles. The zero-order chi connectivity index (χ0) is 18.8. The molecule has 0 aliphatic carbocycles. The van der Waals surface area contributed by atoms with Gasteiger partial charge in [-0.15, -0.1) is 11.3 Å². The molecule has 4 nitrogen and oxygen atoms in total. The van der Waals surface area contributed by atoms with Crippen molar-refractivity contribution in [1.82, 2.24) is 4.98 Å². The first-order chi connectivity index (χ1) is 13.1. The number of thiazole rings is 1. The fourth-order valence-electron chi connectivity index (χ4n) is 2.86. The summed E-state index contributed by atoms with van der Waals surface area (Å²) in [5, 5.41) is 14.2. The molecule has 0 aliphatic heterocycles. The van der Waals surface area contributed by atoms with Crippen molar-refractivity contribution in [3.63, 3.8) is 0 Å². The second-order valence-electron chi connectivity index (χ2n) is 6.30. The number of fused-ring (bicyclic) bond motifs is 1. The second kappa shape index (κ2) is 7.21. The predicted molar refractivity (Wildman–Crippen MR) is 108 cm³/mol. The van der Waals surface area contributed by atoms with Crippen LogP contribution in [0.2, 0.25) is 0 Å². The van der Waals surface area contributed by atoms with E-state index in [1.807, 2.05) is 41.8 Å². The number of ether oxygens (including phenoxy) is 1. The normalized spacial score (nSPS) is 10.9. The Morgan fingerprint density at radius 2 is 1.78 bits per heavy atom. The number of carboxylic acid groups (broad SMARTS) is 1. The van der Waals surface area contributed by atoms with Gasteiger partial charge in [-0.3, -0.25) is 0 Å². The van der Waals surface area contributed by atoms with E-state index in [4.69, 9.17) is 4.74 Å². The van der Waals surface area contributed by atoms with E-state index in [0.29, 0.717) is 5.75 Å². The van der Waals surface area contributed by atoms with Crippen LogP contribution in [0.1, 0.15) is 21.6 Å². The summed E-state index contributed by atoms with van der Waals surface area (Å²) in [5.74, 6) is -0.652. The third-order valence-corrected chi connectivity index (χ3v) is 5.24. The van der Waals surface area contributed by atoms with Gasteiger partial charge in [-0.2, -0.15) is 0 Å². The largest absolute Gasteiger partial charge is 0.486 e. The minimum absolute atomic E-state index is 0.155. The van der Waals surface area contributed by atoms with Crippen LogP contribution in [-0.2, 0) is 6.61 Å². The number of carbonyl (C=O) groups is 1. The highest BCUT2D eigenvalue weighted by Crippen LogP contribution is 2.28. The lowest BCUT2D eigenvalue weighted by atomic mass is 10.1. The van der Waals surface area contributed by atoms with Crippen LogP contribution < -0.4 is 4.74 Å². The average molecular weight is 375 g/mol. The Morgan fingerprint density at radius 3 is 2.48 bits per heavy atom. The van der Waals surface area contributed by atoms with Crippen LogP contribution in [-0.4, -0.2) is 16.1 Å². The van der Waals surface area contributed by atoms with Gasteiger partial charge < -0.3 is 9.84 Å². The second-order valence-corrected chi connectivity index (χ2v) is 7.16. The molecule has 0 fully saturated rings. The van der Waals surface area contributed by atoms with E-state index in [1.54, 1.807) is 23.5 Å². The van der Waals surface area contributed by atoms with Gasteiger partial charge >= 0.3 is 5.97 Å². The predicted octanol–water partition coefficient (Wildman–Crippen LogP) is 5.55. The molecule has 0 atom stereocenters. The first-order valence-corrected chi connectivity index (χ1v) is 9.38. The zero-order valence-corrected chi connectivity index (χ0v) is 15.5. The summed E-state index contributed by atoms with van der Waals surface area (Å²) in [6.07, 6.45) is 0. The van der Waals surface area contributed by atoms with Gasteiger partial charge in [0, 0.05) is 10.9 Å². The highest BCUT2D eigenvalue weighted by atomic mass is 32.1. The van der Waals surface area contributed by atoms with Crippen LogP contribution >= 0.6 is 11.3 Å². The van der Waals surface area contributed by atoms with Crippen LogP contribution in [0.15, 0.2) is 66.0 Å². The SMILES string of the molecule is Cc1ccc(-c2nc(COc3cc4ccccc4cc3C(=O)O)cs2)cc1. The number of nitrogens with zero attached hydrogens (tertiary/aromatic N) is 1. The van der Waals surface area contributed by atoms with Gasteiger partial charge in [0.15, 0.2) is 0 Å². The monoisotopic (exact) mass is 375 g/mol. The number of carboxylic acids is 1. The number of rotatable bonds is 5. The van der Waals surface area contributed by atoms with E-state index in [1.165, 1.54) is 5.56 Å². The molecule has 0 spiro atoms. The smallest absolute Gasteiger partial charge is 0.339 e. The highest BCUT2D eigenvalue weighted by molar-refractivity contribution is 7.13. The Bertz CT molecular complexity index is 1120. The van der Waals surface area contributed by atoms with Crippen molar-refractivity contribution >= 4 is 28.1 Å². The van der Waals surface area contributed by atoms with Gasteiger partial charge in [0.2, 0.25) is 0 Å². The Labute approximate surface area is 160 Å². The number of benzene rings is 3. The zero-order valence-electron chi connectivity index (χ0n) is 14.7. The van der Waals surface area contributed by atoms with E-state index in [-0.39, 0.29) is 12.2 Å². The van der Waals surface area contributed by atoms with Crippen molar-refractivity contribution in [1.29, 1.82) is 0 Å². The number of hydrogen-bond acceptors (Lipinski definition) is 4. The van der Waals surface area contributed by atoms with Gasteiger partial charge in [0.1, 0.15) is 22.9 Å². The maximum absolute atomic E-state index is 11.6. The van der Waals surface area contributed by atoms with Gasteiger partial charge in [-0.25, -0.2) is 9.78 Å². The first-order valence-electron chi connectivity index (χ1n) is 8.50. The Hall–Kier alpha value is -3.18. The average Bonchev–Trinajstić information content (AvgIpc) is 3.15. The standard InChI is InChI=1S/C22H17NO3S/c1-14-6-8-15(9-7-14)21-23-18(13-27-21)12-26-20-11-17-5-3-2-4-16(17)10-19(20)22(24)25/h2-11,13H,12H2,1H3,(H,24,25). The minimum atomic E-state index is -1.01. The van der Waals surface area contributed by atoms with Crippen LogP contribution in [0, 0.1) is 6.92 Å². The number of aromatic nitrogens is 1. The van der Waals surface area contributed by atoms with Gasteiger partial charge in [-0.05, 0) is 29.8 Å².